The van der Waals surface area contributed by atoms with Gasteiger partial charge in [-0.15, -0.1) is 0 Å². The zero-order valence-corrected chi connectivity index (χ0v) is 19.4. The molecule has 0 aliphatic carbocycles. The second-order valence-corrected chi connectivity index (χ2v) is 8.60. The van der Waals surface area contributed by atoms with E-state index in [4.69, 9.17) is 4.42 Å². The highest BCUT2D eigenvalue weighted by Crippen LogP contribution is 2.42. The van der Waals surface area contributed by atoms with Crippen molar-refractivity contribution in [2.75, 3.05) is 31.1 Å². The Kier molecular flexibility index (Phi) is 5.62. The molecule has 0 amide bonds. The highest BCUT2D eigenvalue weighted by molar-refractivity contribution is 6.06. The first-order valence-electron chi connectivity index (χ1n) is 11.6. The fourth-order valence-electron chi connectivity index (χ4n) is 4.74. The van der Waals surface area contributed by atoms with E-state index in [1.54, 1.807) is 12.1 Å². The minimum Gasteiger partial charge on any atom is -0.463 e. The number of hydrogen-bond acceptors (Lipinski definition) is 6. The van der Waals surface area contributed by atoms with Crippen LogP contribution in [0, 0.1) is 28.8 Å². The maximum absolute atomic E-state index is 14.9. The first-order chi connectivity index (χ1) is 18.1. The van der Waals surface area contributed by atoms with E-state index in [-0.39, 0.29) is 16.9 Å². The molecule has 0 saturated carbocycles. The number of nitrogens with zero attached hydrogens (tertiary/aromatic N) is 4. The van der Waals surface area contributed by atoms with Crippen LogP contribution in [0.1, 0.15) is 5.56 Å². The van der Waals surface area contributed by atoms with Gasteiger partial charge in [-0.3, -0.25) is 5.10 Å². The average Bonchev–Trinajstić information content (AvgIpc) is 3.61. The van der Waals surface area contributed by atoms with E-state index in [2.05, 4.69) is 31.5 Å². The molecule has 0 atom stereocenters. The van der Waals surface area contributed by atoms with E-state index >= 15 is 0 Å². The minimum atomic E-state index is -1.42. The summed E-state index contributed by atoms with van der Waals surface area (Å²) in [6, 6.07) is 14.5. The summed E-state index contributed by atoms with van der Waals surface area (Å²) in [6.07, 6.45) is 1.49. The van der Waals surface area contributed by atoms with Crippen LogP contribution < -0.4 is 10.2 Å². The molecule has 1 aliphatic rings. The lowest BCUT2D eigenvalue weighted by Gasteiger charge is -2.29. The van der Waals surface area contributed by atoms with Crippen LogP contribution in [0.3, 0.4) is 0 Å². The van der Waals surface area contributed by atoms with Crippen LogP contribution in [0.5, 0.6) is 0 Å². The fourth-order valence-corrected chi connectivity index (χ4v) is 4.74. The predicted molar refractivity (Wildman–Crippen MR) is 132 cm³/mol. The lowest BCUT2D eigenvalue weighted by Crippen LogP contribution is -2.43. The van der Waals surface area contributed by atoms with Gasteiger partial charge in [-0.1, -0.05) is 12.1 Å². The number of H-pyrrole nitrogens is 1. The largest absolute Gasteiger partial charge is 0.463 e. The summed E-state index contributed by atoms with van der Waals surface area (Å²) in [5, 5.41) is 21.1. The molecule has 1 saturated heterocycles. The van der Waals surface area contributed by atoms with Crippen molar-refractivity contribution in [2.24, 2.45) is 0 Å². The summed E-state index contributed by atoms with van der Waals surface area (Å²) in [5.41, 5.74) is 1.39. The third-order valence-electron chi connectivity index (χ3n) is 6.49. The number of benzene rings is 2. The molecular weight excluding hydrogens is 481 g/mol. The van der Waals surface area contributed by atoms with E-state index in [1.165, 1.54) is 6.26 Å². The van der Waals surface area contributed by atoms with E-state index in [0.29, 0.717) is 34.0 Å². The molecule has 184 valence electrons. The first-order valence-corrected chi connectivity index (χ1v) is 11.6. The van der Waals surface area contributed by atoms with Crippen LogP contribution in [0.15, 0.2) is 59.2 Å². The quantitative estimate of drug-likeness (QED) is 0.328. The van der Waals surface area contributed by atoms with E-state index in [9.17, 15) is 18.4 Å². The number of furan rings is 1. The molecule has 37 heavy (non-hydrogen) atoms. The first kappa shape index (κ1) is 22.8. The number of nitrogens with one attached hydrogen (secondary N) is 2. The number of piperazine rings is 1. The van der Waals surface area contributed by atoms with Crippen LogP contribution in [0.4, 0.5) is 18.9 Å². The monoisotopic (exact) mass is 500 g/mol. The molecule has 0 unspecified atom stereocenters. The average molecular weight is 500 g/mol. The maximum atomic E-state index is 14.9. The molecule has 6 rings (SSSR count). The van der Waals surface area contributed by atoms with Gasteiger partial charge in [0, 0.05) is 37.4 Å². The summed E-state index contributed by atoms with van der Waals surface area (Å²) < 4.78 is 49.4. The van der Waals surface area contributed by atoms with Gasteiger partial charge >= 0.3 is 0 Å². The van der Waals surface area contributed by atoms with Crippen molar-refractivity contribution in [3.8, 4) is 39.9 Å². The molecule has 1 aliphatic heterocycles. The Morgan fingerprint density at radius 3 is 2.38 bits per heavy atom. The molecule has 2 N–H and O–H groups in total. The Labute approximate surface area is 209 Å². The summed E-state index contributed by atoms with van der Waals surface area (Å²) in [5.74, 6) is -3.28. The topological polar surface area (TPSA) is 93.8 Å². The SMILES string of the molecule is N#Cc1c(-c2c(F)ccc(F)c2F)nc2[nH]nc(-c3ccco3)c2c1-c1ccc(N2CCNCC2)cc1. The van der Waals surface area contributed by atoms with Gasteiger partial charge in [0.05, 0.1) is 28.5 Å². The van der Waals surface area contributed by atoms with E-state index in [1.807, 2.05) is 24.3 Å². The van der Waals surface area contributed by atoms with Crippen LogP contribution in [0.25, 0.3) is 44.9 Å². The number of anilines is 1. The van der Waals surface area contributed by atoms with Gasteiger partial charge in [0.15, 0.2) is 23.0 Å². The fraction of sp³-hybridized carbons (Fsp3) is 0.148. The number of fused-ring (bicyclic) bond motifs is 1. The van der Waals surface area contributed by atoms with E-state index in [0.717, 1.165) is 37.9 Å². The number of pyridine rings is 1. The summed E-state index contributed by atoms with van der Waals surface area (Å²) in [4.78, 5) is 6.58. The van der Waals surface area contributed by atoms with Crippen molar-refractivity contribution in [3.05, 3.63) is 77.8 Å². The third-order valence-corrected chi connectivity index (χ3v) is 6.49. The molecule has 10 heteroatoms. The summed E-state index contributed by atoms with van der Waals surface area (Å²) in [7, 11) is 0. The second-order valence-electron chi connectivity index (χ2n) is 8.60. The third kappa shape index (κ3) is 3.80. The molecule has 0 spiro atoms. The van der Waals surface area contributed by atoms with Crippen LogP contribution >= 0.6 is 0 Å². The number of hydrogen-bond donors (Lipinski definition) is 2. The zero-order chi connectivity index (χ0) is 25.5. The van der Waals surface area contributed by atoms with Crippen molar-refractivity contribution < 1.29 is 17.6 Å². The van der Waals surface area contributed by atoms with Crippen LogP contribution in [0.2, 0.25) is 0 Å². The van der Waals surface area contributed by atoms with Gasteiger partial charge in [0.1, 0.15) is 17.6 Å². The molecular formula is C27H19F3N6O. The number of nitriles is 1. The smallest absolute Gasteiger partial charge is 0.171 e. The zero-order valence-electron chi connectivity index (χ0n) is 19.4. The molecule has 5 aromatic rings. The van der Waals surface area contributed by atoms with Crippen molar-refractivity contribution in [1.29, 1.82) is 5.26 Å². The van der Waals surface area contributed by atoms with Gasteiger partial charge in [-0.05, 0) is 42.0 Å². The Morgan fingerprint density at radius 2 is 1.68 bits per heavy atom. The normalized spacial score (nSPS) is 13.7. The highest BCUT2D eigenvalue weighted by atomic mass is 19.2. The predicted octanol–water partition coefficient (Wildman–Crippen LogP) is 5.25. The van der Waals surface area contributed by atoms with Gasteiger partial charge < -0.3 is 14.6 Å². The van der Waals surface area contributed by atoms with Gasteiger partial charge in [-0.25, -0.2) is 18.2 Å². The number of aromatic amines is 1. The Hall–Kier alpha value is -4.62. The second kappa shape index (κ2) is 9.11. The minimum absolute atomic E-state index is 0.111. The van der Waals surface area contributed by atoms with Crippen molar-refractivity contribution in [1.82, 2.24) is 20.5 Å². The van der Waals surface area contributed by atoms with Gasteiger partial charge in [0.25, 0.3) is 0 Å². The van der Waals surface area contributed by atoms with Crippen molar-refractivity contribution in [2.45, 2.75) is 0 Å². The number of halogens is 3. The molecule has 7 nitrogen and oxygen atoms in total. The van der Waals surface area contributed by atoms with Crippen molar-refractivity contribution in [3.63, 3.8) is 0 Å². The Bertz CT molecular complexity index is 1650. The standard InChI is InChI=1S/C27H19F3N6O/c28-18-7-8-19(29)24(30)22(18)25-17(14-31)21(15-3-5-16(6-4-15)36-11-9-32-10-12-36)23-26(20-2-1-13-37-20)34-35-27(23)33-25/h1-8,13,32H,9-12H2,(H,33,34,35). The van der Waals surface area contributed by atoms with Crippen molar-refractivity contribution >= 4 is 16.7 Å². The molecule has 4 heterocycles. The molecule has 1 fully saturated rings. The summed E-state index contributed by atoms with van der Waals surface area (Å²) in [6.45, 7) is 3.46. The van der Waals surface area contributed by atoms with E-state index < -0.39 is 23.0 Å². The lowest BCUT2D eigenvalue weighted by molar-refractivity contribution is 0.498. The molecule has 3 aromatic heterocycles. The Morgan fingerprint density at radius 1 is 0.919 bits per heavy atom. The maximum Gasteiger partial charge on any atom is 0.171 e. The van der Waals surface area contributed by atoms with Crippen LogP contribution in [-0.4, -0.2) is 41.4 Å². The molecule has 0 radical (unpaired) electrons. The number of aromatic nitrogens is 3. The highest BCUT2D eigenvalue weighted by Gasteiger charge is 2.27. The Balaban J connectivity index is 1.63. The summed E-state index contributed by atoms with van der Waals surface area (Å²) >= 11 is 0. The molecule has 2 aromatic carbocycles. The lowest BCUT2D eigenvalue weighted by atomic mass is 9.92. The van der Waals surface area contributed by atoms with Gasteiger partial charge in [0.2, 0.25) is 0 Å². The van der Waals surface area contributed by atoms with Crippen LogP contribution in [-0.2, 0) is 0 Å². The van der Waals surface area contributed by atoms with Gasteiger partial charge in [-0.2, -0.15) is 10.4 Å². The molecule has 0 bridgehead atoms. The number of rotatable bonds is 4.